The van der Waals surface area contributed by atoms with Crippen LogP contribution in [-0.2, 0) is 18.9 Å². The molecule has 304 valence electrons. The zero-order valence-corrected chi connectivity index (χ0v) is 24.2. The van der Waals surface area contributed by atoms with Crippen LogP contribution in [0.5, 0.6) is 0 Å². The highest BCUT2D eigenvalue weighted by molar-refractivity contribution is 5.19. The van der Waals surface area contributed by atoms with Gasteiger partial charge in [-0.2, -0.15) is 96.6 Å². The fourth-order valence-electron chi connectivity index (χ4n) is 3.78. The third kappa shape index (κ3) is 7.35. The minimum atomic E-state index is -9.48. The maximum atomic E-state index is 14.3. The zero-order valence-electron chi connectivity index (χ0n) is 24.2. The highest BCUT2D eigenvalue weighted by Gasteiger charge is 2.98. The third-order valence-electron chi connectivity index (χ3n) is 7.25. The van der Waals surface area contributed by atoms with Gasteiger partial charge in [0, 0.05) is 6.42 Å². The van der Waals surface area contributed by atoms with Gasteiger partial charge in [-0.15, -0.1) is 0 Å². The number of epoxide rings is 2. The Kier molecular flexibility index (Phi) is 12.2. The van der Waals surface area contributed by atoms with Crippen molar-refractivity contribution in [3.8, 4) is 0 Å². The van der Waals surface area contributed by atoms with Gasteiger partial charge in [0.05, 0.1) is 39.1 Å². The summed E-state index contributed by atoms with van der Waals surface area (Å²) in [4.78, 5) is 0. The second-order valence-corrected chi connectivity index (χ2v) is 11.1. The Labute approximate surface area is 267 Å². The summed E-state index contributed by atoms with van der Waals surface area (Å²) in [5, 5.41) is 0. The number of rotatable bonds is 22. The van der Waals surface area contributed by atoms with Gasteiger partial charge in [0.1, 0.15) is 12.2 Å². The molecule has 51 heavy (non-hydrogen) atoms. The van der Waals surface area contributed by atoms with E-state index in [1.54, 1.807) is 0 Å². The van der Waals surface area contributed by atoms with Gasteiger partial charge in [0.15, 0.2) is 0 Å². The lowest BCUT2D eigenvalue weighted by Gasteiger charge is -2.45. The van der Waals surface area contributed by atoms with E-state index in [9.17, 15) is 105 Å². The fourth-order valence-corrected chi connectivity index (χ4v) is 3.78. The van der Waals surface area contributed by atoms with Crippen molar-refractivity contribution in [2.45, 2.75) is 109 Å². The average Bonchev–Trinajstić information content (AvgIpc) is 3.90. The molecule has 0 amide bonds. The van der Waals surface area contributed by atoms with Crippen LogP contribution in [0.3, 0.4) is 0 Å². The first-order chi connectivity index (χ1) is 22.5. The van der Waals surface area contributed by atoms with Crippen LogP contribution in [0.4, 0.5) is 105 Å². The molecule has 0 bridgehead atoms. The summed E-state index contributed by atoms with van der Waals surface area (Å²) in [7, 11) is 0. The largest absolute Gasteiger partial charge is 0.385 e. The van der Waals surface area contributed by atoms with Crippen molar-refractivity contribution in [2.24, 2.45) is 0 Å². The Balaban J connectivity index is 2.40. The number of alkyl halides is 24. The summed E-state index contributed by atoms with van der Waals surface area (Å²) in [6.07, 6.45) is -13.8. The summed E-state index contributed by atoms with van der Waals surface area (Å²) < 4.78 is 348. The summed E-state index contributed by atoms with van der Waals surface area (Å²) in [6, 6.07) is 0. The quantitative estimate of drug-likeness (QED) is 0.0812. The summed E-state index contributed by atoms with van der Waals surface area (Å²) >= 11 is 0. The molecule has 0 saturated carbocycles. The second kappa shape index (κ2) is 13.8. The van der Waals surface area contributed by atoms with Crippen LogP contribution in [0.2, 0.25) is 0 Å². The molecule has 2 heterocycles. The van der Waals surface area contributed by atoms with E-state index >= 15 is 0 Å². The molecule has 3 unspecified atom stereocenters. The van der Waals surface area contributed by atoms with Crippen LogP contribution >= 0.6 is 0 Å². The van der Waals surface area contributed by atoms with Crippen LogP contribution in [0, 0.1) is 0 Å². The topological polar surface area (TPSA) is 43.5 Å². The van der Waals surface area contributed by atoms with E-state index in [1.807, 2.05) is 0 Å². The number of halogens is 24. The normalized spacial score (nSPS) is 21.4. The van der Waals surface area contributed by atoms with Gasteiger partial charge in [-0.25, -0.2) is 8.78 Å². The van der Waals surface area contributed by atoms with Gasteiger partial charge < -0.3 is 18.9 Å². The van der Waals surface area contributed by atoms with Gasteiger partial charge >= 0.3 is 71.6 Å². The Morgan fingerprint density at radius 2 is 0.824 bits per heavy atom. The smallest absolute Gasteiger partial charge is 0.376 e. The molecular formula is C23H20F24O4. The van der Waals surface area contributed by atoms with Gasteiger partial charge in [-0.05, 0) is 12.8 Å². The molecule has 0 N–H and O–H groups in total. The molecule has 0 aromatic rings. The second-order valence-electron chi connectivity index (χ2n) is 11.1. The molecule has 0 aromatic heterocycles. The summed E-state index contributed by atoms with van der Waals surface area (Å²) in [5.74, 6) is -96.2. The van der Waals surface area contributed by atoms with Crippen molar-refractivity contribution in [2.75, 3.05) is 33.0 Å². The molecule has 0 radical (unpaired) electrons. The lowest BCUT2D eigenvalue weighted by molar-refractivity contribution is -0.476. The first-order valence-corrected chi connectivity index (χ1v) is 13.3. The lowest BCUT2D eigenvalue weighted by atomic mass is 9.84. The minimum Gasteiger partial charge on any atom is -0.376 e. The fraction of sp³-hybridized carbons (Fsp3) is 1.00. The molecule has 2 rings (SSSR count). The van der Waals surface area contributed by atoms with Gasteiger partial charge in [-0.3, -0.25) is 0 Å². The molecule has 0 aromatic carbocycles. The summed E-state index contributed by atoms with van der Waals surface area (Å²) in [5.41, 5.74) is 0. The van der Waals surface area contributed by atoms with Crippen LogP contribution < -0.4 is 0 Å². The lowest BCUT2D eigenvalue weighted by Crippen LogP contribution is -2.78. The van der Waals surface area contributed by atoms with E-state index in [0.29, 0.717) is 0 Å². The van der Waals surface area contributed by atoms with E-state index < -0.39 is 116 Å². The maximum Gasteiger partial charge on any atom is 0.385 e. The molecule has 2 fully saturated rings. The van der Waals surface area contributed by atoms with E-state index in [4.69, 9.17) is 18.9 Å². The highest BCUT2D eigenvalue weighted by atomic mass is 19.4. The van der Waals surface area contributed by atoms with Crippen molar-refractivity contribution < 1.29 is 124 Å². The first kappa shape index (κ1) is 45.3. The Hall–Kier alpha value is -1.84. The van der Waals surface area contributed by atoms with Gasteiger partial charge in [-0.1, -0.05) is 0 Å². The molecule has 3 atom stereocenters. The third-order valence-corrected chi connectivity index (χ3v) is 7.25. The summed E-state index contributed by atoms with van der Waals surface area (Å²) in [6.45, 7) is -0.686. The predicted molar refractivity (Wildman–Crippen MR) is 114 cm³/mol. The SMILES string of the molecule is FC(F)C(F)(F)C(F)(F)C(F)(F)C(F)(F)C(F)(F)C(F)(F)C(F)(F)C(F)(F)C(F)(F)C(F)(F)C(F)(F)CCCC(COCC1CO1)OCC1CO1. The molecule has 2 saturated heterocycles. The first-order valence-electron chi connectivity index (χ1n) is 13.3. The van der Waals surface area contributed by atoms with Crippen molar-refractivity contribution >= 4 is 0 Å². The number of hydrogen-bond acceptors (Lipinski definition) is 4. The van der Waals surface area contributed by atoms with E-state index in [1.165, 1.54) is 0 Å². The Morgan fingerprint density at radius 1 is 0.490 bits per heavy atom. The number of hydrogen-bond donors (Lipinski definition) is 0. The van der Waals surface area contributed by atoms with Crippen LogP contribution in [0.25, 0.3) is 0 Å². The molecule has 4 nitrogen and oxygen atoms in total. The molecule has 2 aliphatic rings. The van der Waals surface area contributed by atoms with Crippen LogP contribution in [0.1, 0.15) is 19.3 Å². The predicted octanol–water partition coefficient (Wildman–Crippen LogP) is 8.61. The zero-order chi connectivity index (χ0) is 40.3. The Morgan fingerprint density at radius 3 is 1.18 bits per heavy atom. The van der Waals surface area contributed by atoms with Crippen molar-refractivity contribution in [1.29, 1.82) is 0 Å². The van der Waals surface area contributed by atoms with Gasteiger partial charge in [0.25, 0.3) is 0 Å². The minimum absolute atomic E-state index is 0.119. The monoisotopic (exact) mass is 816 g/mol. The van der Waals surface area contributed by atoms with Crippen molar-refractivity contribution in [3.63, 3.8) is 0 Å². The maximum absolute atomic E-state index is 14.3. The van der Waals surface area contributed by atoms with Gasteiger partial charge in [0.2, 0.25) is 0 Å². The van der Waals surface area contributed by atoms with Crippen molar-refractivity contribution in [1.82, 2.24) is 0 Å². The van der Waals surface area contributed by atoms with E-state index in [0.717, 1.165) is 0 Å². The van der Waals surface area contributed by atoms with Crippen LogP contribution in [0.15, 0.2) is 0 Å². The standard InChI is InChI=1S/C23H20F24O4/c24-12(25)14(28,29)16(32,33)18(36,37)20(40,41)22(44,45)23(46,47)21(42,43)19(38,39)17(34,35)15(30,31)13(26,27)3-1-2-9(49-7-11-8-51-11)4-48-5-10-6-50-10/h9-12H,1-8H2. The Bertz CT molecular complexity index is 1180. The average molecular weight is 816 g/mol. The van der Waals surface area contributed by atoms with E-state index in [-0.39, 0.29) is 26.4 Å². The van der Waals surface area contributed by atoms with E-state index in [2.05, 4.69) is 0 Å². The highest BCUT2D eigenvalue weighted by Crippen LogP contribution is 2.67. The molecule has 0 aliphatic carbocycles. The molecule has 2 aliphatic heterocycles. The molecular weight excluding hydrogens is 796 g/mol. The van der Waals surface area contributed by atoms with Crippen molar-refractivity contribution in [3.05, 3.63) is 0 Å². The molecule has 28 heteroatoms. The number of ether oxygens (including phenoxy) is 4. The molecule has 0 spiro atoms. The van der Waals surface area contributed by atoms with Crippen LogP contribution in [-0.4, -0.2) is 123 Å².